The summed E-state index contributed by atoms with van der Waals surface area (Å²) in [5.41, 5.74) is 0.169. The van der Waals surface area contributed by atoms with Crippen LogP contribution in [0.3, 0.4) is 0 Å². The number of rotatable bonds is 10. The van der Waals surface area contributed by atoms with Crippen LogP contribution in [-0.2, 0) is 26.1 Å². The number of esters is 1. The fourth-order valence-corrected chi connectivity index (χ4v) is 3.40. The molecule has 28 heavy (non-hydrogen) atoms. The number of sulfonamides is 1. The van der Waals surface area contributed by atoms with Crippen LogP contribution < -0.4 is 10.5 Å². The highest BCUT2D eigenvalue weighted by molar-refractivity contribution is 7.89. The molecule has 152 valence electrons. The van der Waals surface area contributed by atoms with Gasteiger partial charge in [-0.15, -0.1) is 0 Å². The number of unbranched alkanes of at least 4 members (excludes halogenated alkanes) is 1. The molecule has 9 nitrogen and oxygen atoms in total. The van der Waals surface area contributed by atoms with Crippen molar-refractivity contribution in [2.24, 2.45) is 5.14 Å². The summed E-state index contributed by atoms with van der Waals surface area (Å²) in [6.07, 6.45) is 2.14. The first kappa shape index (κ1) is 21.7. The molecule has 0 unspecified atom stereocenters. The summed E-state index contributed by atoms with van der Waals surface area (Å²) >= 11 is 6.00. The number of hydrogen-bond acceptors (Lipinski definition) is 7. The zero-order valence-electron chi connectivity index (χ0n) is 14.7. The second kappa shape index (κ2) is 9.58. The minimum absolute atomic E-state index is 0.0168. The largest absolute Gasteiger partial charge is 0.481 e. The number of carboxylic acids is 1. The summed E-state index contributed by atoms with van der Waals surface area (Å²) in [7, 11) is -4.15. The van der Waals surface area contributed by atoms with Crippen LogP contribution in [0, 0.1) is 0 Å². The molecule has 1 heterocycles. The second-order valence-electron chi connectivity index (χ2n) is 5.79. The number of nitrogens with two attached hydrogens (primary N) is 1. The van der Waals surface area contributed by atoms with E-state index in [2.05, 4.69) is 5.32 Å². The van der Waals surface area contributed by atoms with Gasteiger partial charge in [0, 0.05) is 6.42 Å². The van der Waals surface area contributed by atoms with Gasteiger partial charge in [0.15, 0.2) is 0 Å². The fourth-order valence-electron chi connectivity index (χ4n) is 2.30. The van der Waals surface area contributed by atoms with E-state index in [-0.39, 0.29) is 35.8 Å². The number of furan rings is 1. The maximum absolute atomic E-state index is 12.4. The average molecular weight is 431 g/mol. The molecule has 0 saturated heterocycles. The molecular formula is C17H19ClN2O7S. The van der Waals surface area contributed by atoms with Crippen molar-refractivity contribution in [2.45, 2.75) is 30.7 Å². The Morgan fingerprint density at radius 2 is 2.04 bits per heavy atom. The molecule has 0 spiro atoms. The van der Waals surface area contributed by atoms with E-state index < -0.39 is 26.9 Å². The van der Waals surface area contributed by atoms with Crippen LogP contribution >= 0.6 is 11.6 Å². The third kappa shape index (κ3) is 6.25. The Bertz CT molecular complexity index is 943. The Kier molecular flexibility index (Phi) is 7.44. The lowest BCUT2D eigenvalue weighted by atomic mass is 10.1. The van der Waals surface area contributed by atoms with E-state index in [9.17, 15) is 18.0 Å². The smallest absolute Gasteiger partial charge is 0.340 e. The molecule has 11 heteroatoms. The van der Waals surface area contributed by atoms with Gasteiger partial charge in [-0.2, -0.15) is 0 Å². The molecule has 1 aromatic carbocycles. The Morgan fingerprint density at radius 1 is 1.29 bits per heavy atom. The summed E-state index contributed by atoms with van der Waals surface area (Å²) in [5.74, 6) is -1.15. The summed E-state index contributed by atoms with van der Waals surface area (Å²) in [6.45, 7) is 0.202. The molecule has 0 radical (unpaired) electrons. The lowest BCUT2D eigenvalue weighted by Gasteiger charge is -2.14. The van der Waals surface area contributed by atoms with Crippen molar-refractivity contribution in [3.05, 3.63) is 46.9 Å². The van der Waals surface area contributed by atoms with Gasteiger partial charge < -0.3 is 19.6 Å². The first-order valence-corrected chi connectivity index (χ1v) is 10.1. The number of primary sulfonamides is 1. The molecule has 0 saturated carbocycles. The Labute approximate surface area is 166 Å². The lowest BCUT2D eigenvalue weighted by Crippen LogP contribution is -2.16. The number of carboxylic acid groups (broad SMARTS) is 1. The molecule has 0 aliphatic carbocycles. The average Bonchev–Trinajstić information content (AvgIpc) is 3.11. The van der Waals surface area contributed by atoms with Crippen molar-refractivity contribution in [2.75, 3.05) is 11.9 Å². The van der Waals surface area contributed by atoms with E-state index in [1.54, 1.807) is 12.1 Å². The van der Waals surface area contributed by atoms with Gasteiger partial charge in [-0.05, 0) is 37.1 Å². The predicted molar refractivity (Wildman–Crippen MR) is 101 cm³/mol. The maximum Gasteiger partial charge on any atom is 0.340 e. The fraction of sp³-hybridized carbons (Fsp3) is 0.294. The van der Waals surface area contributed by atoms with Crippen molar-refractivity contribution in [1.29, 1.82) is 0 Å². The van der Waals surface area contributed by atoms with Crippen molar-refractivity contribution in [3.8, 4) is 0 Å². The van der Waals surface area contributed by atoms with Crippen LogP contribution in [0.2, 0.25) is 5.02 Å². The minimum Gasteiger partial charge on any atom is -0.481 e. The van der Waals surface area contributed by atoms with Gasteiger partial charge >= 0.3 is 11.9 Å². The Balaban J connectivity index is 2.19. The van der Waals surface area contributed by atoms with Crippen LogP contribution in [-0.4, -0.2) is 32.1 Å². The monoisotopic (exact) mass is 430 g/mol. The van der Waals surface area contributed by atoms with Gasteiger partial charge in [-0.3, -0.25) is 4.79 Å². The summed E-state index contributed by atoms with van der Waals surface area (Å²) in [5, 5.41) is 16.5. The molecule has 1 aromatic heterocycles. The number of hydrogen-bond donors (Lipinski definition) is 3. The quantitative estimate of drug-likeness (QED) is 0.384. The van der Waals surface area contributed by atoms with E-state index in [4.69, 9.17) is 31.0 Å². The van der Waals surface area contributed by atoms with E-state index in [0.29, 0.717) is 18.6 Å². The number of nitrogens with one attached hydrogen (secondary N) is 1. The number of anilines is 1. The highest BCUT2D eigenvalue weighted by atomic mass is 35.5. The number of aliphatic carboxylic acids is 1. The van der Waals surface area contributed by atoms with Crippen LogP contribution in [0.4, 0.5) is 5.69 Å². The number of benzene rings is 1. The van der Waals surface area contributed by atoms with Gasteiger partial charge in [0.25, 0.3) is 0 Å². The van der Waals surface area contributed by atoms with Crippen molar-refractivity contribution < 1.29 is 32.3 Å². The Hall–Kier alpha value is -2.56. The molecule has 0 bridgehead atoms. The molecule has 4 N–H and O–H groups in total. The third-order valence-corrected chi connectivity index (χ3v) is 5.03. The molecule has 2 aromatic rings. The first-order chi connectivity index (χ1) is 13.2. The maximum atomic E-state index is 12.4. The summed E-state index contributed by atoms with van der Waals surface area (Å²) in [4.78, 5) is 22.5. The highest BCUT2D eigenvalue weighted by Gasteiger charge is 2.21. The standard InChI is InChI=1S/C17H19ClN2O7S/c18-13-9-14(20-10-11-4-3-7-26-11)12(8-15(13)28(19,24)25)17(23)27-6-2-1-5-16(21)22/h3-4,7-9,20H,1-2,5-6,10H2,(H,21,22)(H2,19,24,25). The van der Waals surface area contributed by atoms with Gasteiger partial charge in [0.1, 0.15) is 10.7 Å². The van der Waals surface area contributed by atoms with Gasteiger partial charge in [0.2, 0.25) is 10.0 Å². The van der Waals surface area contributed by atoms with Crippen LogP contribution in [0.25, 0.3) is 0 Å². The number of carbonyl (C=O) groups is 2. The molecule has 0 aliphatic heterocycles. The Morgan fingerprint density at radius 3 is 2.64 bits per heavy atom. The molecule has 0 fully saturated rings. The van der Waals surface area contributed by atoms with Crippen molar-refractivity contribution in [1.82, 2.24) is 0 Å². The lowest BCUT2D eigenvalue weighted by molar-refractivity contribution is -0.137. The molecule has 0 atom stereocenters. The first-order valence-electron chi connectivity index (χ1n) is 8.20. The van der Waals surface area contributed by atoms with Gasteiger partial charge in [0.05, 0.1) is 35.7 Å². The summed E-state index contributed by atoms with van der Waals surface area (Å²) < 4.78 is 33.7. The number of ether oxygens (including phenoxy) is 1. The van der Waals surface area contributed by atoms with Gasteiger partial charge in [-0.25, -0.2) is 18.4 Å². The predicted octanol–water partition coefficient (Wildman–Crippen LogP) is 2.60. The molecule has 0 amide bonds. The number of halogens is 1. The topological polar surface area (TPSA) is 149 Å². The second-order valence-corrected chi connectivity index (χ2v) is 7.73. The van der Waals surface area contributed by atoms with Crippen molar-refractivity contribution >= 4 is 39.3 Å². The molecular weight excluding hydrogens is 412 g/mol. The zero-order valence-corrected chi connectivity index (χ0v) is 16.3. The third-order valence-electron chi connectivity index (χ3n) is 3.65. The van der Waals surface area contributed by atoms with Crippen molar-refractivity contribution in [3.63, 3.8) is 0 Å². The van der Waals surface area contributed by atoms with Crippen LogP contribution in [0.15, 0.2) is 39.8 Å². The summed E-state index contributed by atoms with van der Waals surface area (Å²) in [6, 6.07) is 5.72. The number of carbonyl (C=O) groups excluding carboxylic acids is 1. The normalized spacial score (nSPS) is 11.2. The highest BCUT2D eigenvalue weighted by Crippen LogP contribution is 2.29. The SMILES string of the molecule is NS(=O)(=O)c1cc(C(=O)OCCCCC(=O)O)c(NCc2ccco2)cc1Cl. The van der Waals surface area contributed by atoms with E-state index in [1.165, 1.54) is 12.3 Å². The van der Waals surface area contributed by atoms with E-state index in [1.807, 2.05) is 0 Å². The van der Waals surface area contributed by atoms with Crippen LogP contribution in [0.5, 0.6) is 0 Å². The minimum atomic E-state index is -4.15. The van der Waals surface area contributed by atoms with Gasteiger partial charge in [-0.1, -0.05) is 11.6 Å². The van der Waals surface area contributed by atoms with E-state index in [0.717, 1.165) is 6.07 Å². The van der Waals surface area contributed by atoms with Crippen LogP contribution in [0.1, 0.15) is 35.4 Å². The van der Waals surface area contributed by atoms with E-state index >= 15 is 0 Å². The molecule has 2 rings (SSSR count). The zero-order chi connectivity index (χ0) is 20.7. The molecule has 0 aliphatic rings.